The third kappa shape index (κ3) is 3.04. The minimum Gasteiger partial charge on any atom is -0.343 e. The highest BCUT2D eigenvalue weighted by molar-refractivity contribution is 7.92. The summed E-state index contributed by atoms with van der Waals surface area (Å²) in [4.78, 5) is 16.7. The van der Waals surface area contributed by atoms with Crippen molar-refractivity contribution in [2.75, 3.05) is 4.72 Å². The molecule has 0 bridgehead atoms. The van der Waals surface area contributed by atoms with Gasteiger partial charge in [0.1, 0.15) is 4.90 Å². The molecule has 8 nitrogen and oxygen atoms in total. The summed E-state index contributed by atoms with van der Waals surface area (Å²) in [5, 5.41) is 7.46. The predicted molar refractivity (Wildman–Crippen MR) is 99.5 cm³/mol. The number of carbonyl (C=O) groups excluding carboxylic acids is 1. The maximum absolute atomic E-state index is 12.6. The number of fused-ring (bicyclic) bond motifs is 3. The molecule has 4 rings (SSSR count). The zero-order chi connectivity index (χ0) is 19.2. The summed E-state index contributed by atoms with van der Waals surface area (Å²) in [7, 11) is -3.76. The Morgan fingerprint density at radius 2 is 1.89 bits per heavy atom. The van der Waals surface area contributed by atoms with Crippen LogP contribution in [-0.4, -0.2) is 29.1 Å². The monoisotopic (exact) mass is 403 g/mol. The molecule has 0 aliphatic carbocycles. The molecule has 1 aromatic heterocycles. The van der Waals surface area contributed by atoms with Gasteiger partial charge in [0.05, 0.1) is 11.7 Å². The molecule has 0 saturated heterocycles. The lowest BCUT2D eigenvalue weighted by atomic mass is 10.1. The molecule has 0 fully saturated rings. The number of amides is 1. The number of hydrogen-bond acceptors (Lipinski definition) is 5. The minimum atomic E-state index is -3.76. The van der Waals surface area contributed by atoms with E-state index in [1.165, 1.54) is 10.7 Å². The highest BCUT2D eigenvalue weighted by Crippen LogP contribution is 2.29. The quantitative estimate of drug-likeness (QED) is 0.699. The van der Waals surface area contributed by atoms with Crippen LogP contribution in [-0.2, 0) is 10.0 Å². The first-order valence-corrected chi connectivity index (χ1v) is 9.87. The number of anilines is 1. The van der Waals surface area contributed by atoms with Gasteiger partial charge in [0.2, 0.25) is 11.8 Å². The lowest BCUT2D eigenvalue weighted by molar-refractivity contribution is 0.0929. The van der Waals surface area contributed by atoms with Gasteiger partial charge in [0, 0.05) is 5.02 Å². The molecule has 27 heavy (non-hydrogen) atoms. The number of halogens is 1. The van der Waals surface area contributed by atoms with Crippen molar-refractivity contribution in [3.8, 4) is 5.69 Å². The normalized spacial score (nSPS) is 15.2. The molecule has 1 aliphatic heterocycles. The molecule has 1 atom stereocenters. The predicted octanol–water partition coefficient (Wildman–Crippen LogP) is 2.53. The van der Waals surface area contributed by atoms with Crippen molar-refractivity contribution in [1.29, 1.82) is 0 Å². The van der Waals surface area contributed by atoms with Gasteiger partial charge >= 0.3 is 0 Å². The number of nitrogens with zero attached hydrogens (tertiary/aromatic N) is 3. The second kappa shape index (κ2) is 6.36. The van der Waals surface area contributed by atoms with Gasteiger partial charge in [0.25, 0.3) is 15.9 Å². The Hall–Kier alpha value is -2.91. The number of benzene rings is 2. The van der Waals surface area contributed by atoms with Crippen molar-refractivity contribution >= 4 is 33.5 Å². The van der Waals surface area contributed by atoms with Crippen LogP contribution in [0.3, 0.4) is 0 Å². The highest BCUT2D eigenvalue weighted by atomic mass is 35.5. The number of hydrogen-bond donors (Lipinski definition) is 2. The van der Waals surface area contributed by atoms with Crippen LogP contribution in [0.2, 0.25) is 5.02 Å². The van der Waals surface area contributed by atoms with E-state index in [0.717, 1.165) is 5.56 Å². The SMILES string of the molecule is CC(NC(=O)c1nc2n(n1)-c1ccccc1S(=O)(=O)N2)c1ccccc1Cl. The molecule has 1 unspecified atom stereocenters. The average Bonchev–Trinajstić information content (AvgIpc) is 3.05. The Labute approximate surface area is 160 Å². The topological polar surface area (TPSA) is 106 Å². The third-order valence-corrected chi connectivity index (χ3v) is 5.86. The minimum absolute atomic E-state index is 0.0377. The fourth-order valence-corrected chi connectivity index (χ4v) is 4.31. The summed E-state index contributed by atoms with van der Waals surface area (Å²) in [5.41, 5.74) is 1.08. The molecule has 2 heterocycles. The van der Waals surface area contributed by atoms with E-state index < -0.39 is 15.9 Å². The Morgan fingerprint density at radius 1 is 1.19 bits per heavy atom. The van der Waals surface area contributed by atoms with E-state index in [-0.39, 0.29) is 22.7 Å². The van der Waals surface area contributed by atoms with Crippen LogP contribution in [0.5, 0.6) is 0 Å². The van der Waals surface area contributed by atoms with E-state index in [9.17, 15) is 13.2 Å². The summed E-state index contributed by atoms with van der Waals surface area (Å²) in [6.07, 6.45) is 0. The summed E-state index contributed by atoms with van der Waals surface area (Å²) < 4.78 is 28.2. The lowest BCUT2D eigenvalue weighted by Gasteiger charge is -2.17. The lowest BCUT2D eigenvalue weighted by Crippen LogP contribution is -2.28. The molecule has 0 spiro atoms. The van der Waals surface area contributed by atoms with Gasteiger partial charge < -0.3 is 5.32 Å². The molecule has 2 aromatic carbocycles. The fourth-order valence-electron chi connectivity index (χ4n) is 2.84. The molecular formula is C17H14ClN5O3S. The first-order valence-electron chi connectivity index (χ1n) is 8.01. The zero-order valence-electron chi connectivity index (χ0n) is 14.0. The van der Waals surface area contributed by atoms with Gasteiger partial charge in [-0.25, -0.2) is 13.1 Å². The molecule has 3 aromatic rings. The molecule has 1 aliphatic rings. The molecule has 10 heteroatoms. The maximum atomic E-state index is 12.6. The molecular weight excluding hydrogens is 390 g/mol. The van der Waals surface area contributed by atoms with E-state index >= 15 is 0 Å². The second-order valence-electron chi connectivity index (χ2n) is 5.96. The summed E-state index contributed by atoms with van der Waals surface area (Å²) in [5.74, 6) is -0.728. The van der Waals surface area contributed by atoms with Crippen LogP contribution in [0.15, 0.2) is 53.4 Å². The summed E-state index contributed by atoms with van der Waals surface area (Å²) >= 11 is 6.16. The zero-order valence-corrected chi connectivity index (χ0v) is 15.6. The van der Waals surface area contributed by atoms with Crippen LogP contribution in [0.1, 0.15) is 29.1 Å². The Balaban J connectivity index is 1.66. The Bertz CT molecular complexity index is 1160. The standard InChI is InChI=1S/C17H14ClN5O3S/c1-10(11-6-2-3-7-12(11)18)19-16(24)15-20-17-22-27(25,26)14-9-5-4-8-13(14)23(17)21-15/h2-10H,1H3,(H,19,24)(H,20,21,22). The van der Waals surface area contributed by atoms with E-state index in [2.05, 4.69) is 20.1 Å². The van der Waals surface area contributed by atoms with Crippen molar-refractivity contribution in [2.24, 2.45) is 0 Å². The Morgan fingerprint density at radius 3 is 2.67 bits per heavy atom. The van der Waals surface area contributed by atoms with Crippen LogP contribution in [0, 0.1) is 0 Å². The van der Waals surface area contributed by atoms with E-state index in [0.29, 0.717) is 10.7 Å². The number of nitrogens with one attached hydrogen (secondary N) is 2. The van der Waals surface area contributed by atoms with Gasteiger partial charge in [-0.15, -0.1) is 5.10 Å². The van der Waals surface area contributed by atoms with Gasteiger partial charge in [-0.1, -0.05) is 41.9 Å². The average molecular weight is 404 g/mol. The van der Waals surface area contributed by atoms with Crippen LogP contribution >= 0.6 is 11.6 Å². The Kier molecular flexibility index (Phi) is 4.12. The van der Waals surface area contributed by atoms with Crippen molar-refractivity contribution in [1.82, 2.24) is 20.1 Å². The fraction of sp³-hybridized carbons (Fsp3) is 0.118. The summed E-state index contributed by atoms with van der Waals surface area (Å²) in [6, 6.07) is 13.1. The van der Waals surface area contributed by atoms with Crippen molar-refractivity contribution in [3.05, 3.63) is 64.9 Å². The number of sulfonamides is 1. The molecule has 0 radical (unpaired) electrons. The molecule has 2 N–H and O–H groups in total. The van der Waals surface area contributed by atoms with Gasteiger partial charge in [-0.3, -0.25) is 4.79 Å². The number of para-hydroxylation sites is 1. The second-order valence-corrected chi connectivity index (χ2v) is 8.02. The van der Waals surface area contributed by atoms with E-state index in [1.807, 2.05) is 12.1 Å². The first-order chi connectivity index (χ1) is 12.9. The molecule has 0 saturated carbocycles. The van der Waals surface area contributed by atoms with Gasteiger partial charge in [-0.05, 0) is 30.7 Å². The number of aromatic nitrogens is 3. The van der Waals surface area contributed by atoms with E-state index in [1.54, 1.807) is 37.3 Å². The highest BCUT2D eigenvalue weighted by Gasteiger charge is 2.31. The first kappa shape index (κ1) is 17.5. The molecule has 138 valence electrons. The number of carbonyl (C=O) groups is 1. The van der Waals surface area contributed by atoms with Gasteiger partial charge in [0.15, 0.2) is 0 Å². The van der Waals surface area contributed by atoms with Crippen molar-refractivity contribution in [2.45, 2.75) is 17.9 Å². The summed E-state index contributed by atoms with van der Waals surface area (Å²) in [6.45, 7) is 1.78. The molecule has 1 amide bonds. The van der Waals surface area contributed by atoms with E-state index in [4.69, 9.17) is 11.6 Å². The maximum Gasteiger partial charge on any atom is 0.291 e. The van der Waals surface area contributed by atoms with Crippen LogP contribution in [0.4, 0.5) is 5.95 Å². The number of rotatable bonds is 3. The smallest absolute Gasteiger partial charge is 0.291 e. The van der Waals surface area contributed by atoms with Gasteiger partial charge in [-0.2, -0.15) is 9.67 Å². The third-order valence-electron chi connectivity index (χ3n) is 4.14. The van der Waals surface area contributed by atoms with Crippen LogP contribution < -0.4 is 10.0 Å². The van der Waals surface area contributed by atoms with Crippen molar-refractivity contribution < 1.29 is 13.2 Å². The largest absolute Gasteiger partial charge is 0.343 e. The van der Waals surface area contributed by atoms with Crippen molar-refractivity contribution in [3.63, 3.8) is 0 Å². The van der Waals surface area contributed by atoms with Crippen LogP contribution in [0.25, 0.3) is 5.69 Å².